The van der Waals surface area contributed by atoms with Crippen LogP contribution in [0.25, 0.3) is 108 Å². The van der Waals surface area contributed by atoms with Gasteiger partial charge in [-0.3, -0.25) is 9.20 Å². The molecule has 0 amide bonds. The van der Waals surface area contributed by atoms with E-state index in [-0.39, 0.29) is 5.56 Å². The van der Waals surface area contributed by atoms with E-state index in [1.165, 1.54) is 47.2 Å². The smallest absolute Gasteiger partial charge is 0.265 e. The molecule has 0 spiro atoms. The number of imidazole rings is 1. The van der Waals surface area contributed by atoms with Crippen LogP contribution >= 0.6 is 11.3 Å². The van der Waals surface area contributed by atoms with Crippen molar-refractivity contribution in [2.75, 3.05) is 0 Å². The van der Waals surface area contributed by atoms with Crippen LogP contribution in [0.5, 0.6) is 0 Å². The molecule has 0 aliphatic rings. The number of rotatable bonds is 3. The number of benzene rings is 8. The number of nitrogens with zero attached hydrogens (tertiary/aromatic N) is 3. The van der Waals surface area contributed by atoms with Crippen LogP contribution < -0.4 is 5.56 Å². The lowest BCUT2D eigenvalue weighted by atomic mass is 9.96. The van der Waals surface area contributed by atoms with Crippen LogP contribution in [0, 0.1) is 0 Å². The summed E-state index contributed by atoms with van der Waals surface area (Å²) >= 11 is 1.86. The van der Waals surface area contributed by atoms with Crippen molar-refractivity contribution in [3.63, 3.8) is 0 Å². The molecule has 8 aromatic carbocycles. The maximum absolute atomic E-state index is 15.1. The SMILES string of the molecule is O=c1c2c(-c3ccccc3)cccc2c2c(-n3c4ccccc4c4c5ccccc5c5c6ccccc6sc5c43)ccc3nc(-c4ccccc4)n1c32. The van der Waals surface area contributed by atoms with Crippen molar-refractivity contribution < 1.29 is 0 Å². The third kappa shape index (κ3) is 3.79. The van der Waals surface area contributed by atoms with Crippen molar-refractivity contribution in [2.45, 2.75) is 0 Å². The van der Waals surface area contributed by atoms with Gasteiger partial charge in [-0.2, -0.15) is 0 Å². The Morgan fingerprint density at radius 2 is 1.11 bits per heavy atom. The summed E-state index contributed by atoms with van der Waals surface area (Å²) in [5, 5.41) is 10.1. The van der Waals surface area contributed by atoms with Crippen molar-refractivity contribution in [1.29, 1.82) is 0 Å². The first-order chi connectivity index (χ1) is 26.3. The normalized spacial score (nSPS) is 12.2. The molecule has 4 heterocycles. The number of fused-ring (bicyclic) bond motifs is 12. The minimum Gasteiger partial charge on any atom is -0.307 e. The molecule has 12 aromatic rings. The number of aromatic nitrogens is 3. The van der Waals surface area contributed by atoms with Gasteiger partial charge in [-0.05, 0) is 51.6 Å². The highest BCUT2D eigenvalue weighted by Gasteiger charge is 2.26. The van der Waals surface area contributed by atoms with Crippen molar-refractivity contribution in [3.8, 4) is 28.2 Å². The predicted octanol–water partition coefficient (Wildman–Crippen LogP) is 12.4. The molecule has 0 aliphatic carbocycles. The fourth-order valence-corrected chi connectivity index (χ4v) is 10.2. The second-order valence-corrected chi connectivity index (χ2v) is 14.8. The molecule has 4 nitrogen and oxygen atoms in total. The van der Waals surface area contributed by atoms with Crippen LogP contribution in [-0.2, 0) is 0 Å². The summed E-state index contributed by atoms with van der Waals surface area (Å²) in [6, 6.07) is 57.3. The summed E-state index contributed by atoms with van der Waals surface area (Å²) in [5.74, 6) is 0.651. The Labute approximate surface area is 306 Å². The molecule has 0 N–H and O–H groups in total. The number of hydrogen-bond donors (Lipinski definition) is 0. The molecule has 0 atom stereocenters. The third-order valence-electron chi connectivity index (χ3n) is 11.1. The van der Waals surface area contributed by atoms with Crippen LogP contribution in [-0.4, -0.2) is 14.0 Å². The average molecular weight is 694 g/mol. The highest BCUT2D eigenvalue weighted by Crippen LogP contribution is 2.49. The second kappa shape index (κ2) is 10.6. The molecule has 53 heavy (non-hydrogen) atoms. The molecule has 0 saturated heterocycles. The number of pyridine rings is 1. The van der Waals surface area contributed by atoms with Gasteiger partial charge in [-0.1, -0.05) is 140 Å². The Morgan fingerprint density at radius 1 is 0.472 bits per heavy atom. The first kappa shape index (κ1) is 28.8. The fraction of sp³-hybridized carbons (Fsp3) is 0. The molecule has 0 aliphatic heterocycles. The lowest BCUT2D eigenvalue weighted by molar-refractivity contribution is 1.12. The summed E-state index contributed by atoms with van der Waals surface area (Å²) in [6.45, 7) is 0. The Hall–Kier alpha value is -6.82. The van der Waals surface area contributed by atoms with Gasteiger partial charge in [-0.25, -0.2) is 4.98 Å². The summed E-state index contributed by atoms with van der Waals surface area (Å²) in [4.78, 5) is 20.3. The summed E-state index contributed by atoms with van der Waals surface area (Å²) in [5.41, 5.74) is 7.72. The van der Waals surface area contributed by atoms with Gasteiger partial charge in [0.2, 0.25) is 0 Å². The van der Waals surface area contributed by atoms with Crippen LogP contribution in [0.1, 0.15) is 0 Å². The van der Waals surface area contributed by atoms with Gasteiger partial charge < -0.3 is 4.57 Å². The standard InChI is InChI=1S/C48H27N3OS/c52-48-42-30(28-14-3-1-4-15-28)22-13-23-35(42)43-38(27-26-36-44(43)51(48)47(49-36)29-16-5-2-6-17-29)50-37-24-11-9-20-33(37)40-31-18-7-8-19-32(31)41-34-21-10-12-25-39(34)53-46(41)45(40)50/h1-27H. The topological polar surface area (TPSA) is 39.3 Å². The zero-order valence-corrected chi connectivity index (χ0v) is 29.1. The van der Waals surface area contributed by atoms with E-state index in [4.69, 9.17) is 4.98 Å². The van der Waals surface area contributed by atoms with Crippen molar-refractivity contribution in [1.82, 2.24) is 14.0 Å². The minimum atomic E-state index is -0.0643. The molecular weight excluding hydrogens is 667 g/mol. The fourth-order valence-electron chi connectivity index (χ4n) is 8.92. The van der Waals surface area contributed by atoms with Gasteiger partial charge in [0.15, 0.2) is 0 Å². The number of hydrogen-bond acceptors (Lipinski definition) is 3. The molecule has 0 bridgehead atoms. The predicted molar refractivity (Wildman–Crippen MR) is 223 cm³/mol. The van der Waals surface area contributed by atoms with Gasteiger partial charge >= 0.3 is 0 Å². The average Bonchev–Trinajstić information content (AvgIpc) is 3.91. The maximum atomic E-state index is 15.1. The van der Waals surface area contributed by atoms with Gasteiger partial charge in [0, 0.05) is 37.2 Å². The molecule has 0 saturated carbocycles. The molecule has 4 aromatic heterocycles. The zero-order chi connectivity index (χ0) is 34.8. The Bertz CT molecular complexity index is 3520. The highest BCUT2D eigenvalue weighted by atomic mass is 32.1. The van der Waals surface area contributed by atoms with Crippen molar-refractivity contribution >= 4 is 91.3 Å². The van der Waals surface area contributed by atoms with Crippen LogP contribution in [0.4, 0.5) is 0 Å². The van der Waals surface area contributed by atoms with Gasteiger partial charge in [0.05, 0.1) is 37.8 Å². The molecule has 5 heteroatoms. The molecule has 246 valence electrons. The molecule has 0 unspecified atom stereocenters. The highest BCUT2D eigenvalue weighted by molar-refractivity contribution is 7.27. The van der Waals surface area contributed by atoms with E-state index < -0.39 is 0 Å². The van der Waals surface area contributed by atoms with Crippen molar-refractivity contribution in [3.05, 3.63) is 174 Å². The van der Waals surface area contributed by atoms with E-state index in [9.17, 15) is 0 Å². The Kier molecular flexibility index (Phi) is 5.77. The van der Waals surface area contributed by atoms with Crippen LogP contribution in [0.3, 0.4) is 0 Å². The van der Waals surface area contributed by atoms with Crippen LogP contribution in [0.2, 0.25) is 0 Å². The Morgan fingerprint density at radius 3 is 1.91 bits per heavy atom. The van der Waals surface area contributed by atoms with E-state index in [0.29, 0.717) is 11.2 Å². The molecule has 0 fully saturated rings. The van der Waals surface area contributed by atoms with E-state index >= 15 is 4.79 Å². The summed E-state index contributed by atoms with van der Waals surface area (Å²) < 4.78 is 6.86. The number of para-hydroxylation sites is 1. The molecular formula is C48H27N3OS. The van der Waals surface area contributed by atoms with E-state index in [1.54, 1.807) is 0 Å². The van der Waals surface area contributed by atoms with Gasteiger partial charge in [0.25, 0.3) is 5.56 Å². The van der Waals surface area contributed by atoms with E-state index in [2.05, 4.69) is 120 Å². The lowest BCUT2D eigenvalue weighted by Gasteiger charge is -2.16. The monoisotopic (exact) mass is 693 g/mol. The molecule has 12 rings (SSSR count). The largest absolute Gasteiger partial charge is 0.307 e. The first-order valence-corrected chi connectivity index (χ1v) is 18.7. The molecule has 0 radical (unpaired) electrons. The second-order valence-electron chi connectivity index (χ2n) is 13.8. The van der Waals surface area contributed by atoms with E-state index in [0.717, 1.165) is 49.7 Å². The first-order valence-electron chi connectivity index (χ1n) is 17.9. The summed E-state index contributed by atoms with van der Waals surface area (Å²) in [6.07, 6.45) is 0. The maximum Gasteiger partial charge on any atom is 0.265 e. The summed E-state index contributed by atoms with van der Waals surface area (Å²) in [7, 11) is 0. The van der Waals surface area contributed by atoms with Gasteiger partial charge in [-0.15, -0.1) is 11.3 Å². The minimum absolute atomic E-state index is 0.0643. The van der Waals surface area contributed by atoms with Crippen LogP contribution in [0.15, 0.2) is 169 Å². The van der Waals surface area contributed by atoms with Crippen molar-refractivity contribution in [2.24, 2.45) is 0 Å². The zero-order valence-electron chi connectivity index (χ0n) is 28.2. The quantitative estimate of drug-likeness (QED) is 0.173. The lowest BCUT2D eigenvalue weighted by Crippen LogP contribution is -2.16. The van der Waals surface area contributed by atoms with Gasteiger partial charge in [0.1, 0.15) is 5.82 Å². The number of thiophene rings is 1. The Balaban J connectivity index is 1.36. The third-order valence-corrected chi connectivity index (χ3v) is 12.2. The van der Waals surface area contributed by atoms with E-state index in [1.807, 2.05) is 64.3 Å².